The number of benzene rings is 1. The molecule has 1 N–H and O–H groups in total. The quantitative estimate of drug-likeness (QED) is 0.621. The van der Waals surface area contributed by atoms with Gasteiger partial charge >= 0.3 is 17.8 Å². The van der Waals surface area contributed by atoms with Crippen LogP contribution < -0.4 is 10.1 Å². The molecule has 24 heavy (non-hydrogen) atoms. The first-order chi connectivity index (χ1) is 11.3. The van der Waals surface area contributed by atoms with E-state index in [1.165, 1.54) is 7.11 Å². The number of ether oxygens (including phenoxy) is 1. The third-order valence-corrected chi connectivity index (χ3v) is 3.36. The highest BCUT2D eigenvalue weighted by atomic mass is 16.5. The van der Waals surface area contributed by atoms with Crippen LogP contribution in [0.4, 0.5) is 10.5 Å². The van der Waals surface area contributed by atoms with E-state index in [1.54, 1.807) is 24.3 Å². The molecule has 128 valence electrons. The minimum Gasteiger partial charge on any atom is -0.497 e. The molecule has 1 aliphatic heterocycles. The van der Waals surface area contributed by atoms with Crippen molar-refractivity contribution in [3.05, 3.63) is 24.3 Å². The van der Waals surface area contributed by atoms with Crippen LogP contribution in [0.2, 0.25) is 0 Å². The first kappa shape index (κ1) is 17.5. The van der Waals surface area contributed by atoms with Gasteiger partial charge in [0.25, 0.3) is 0 Å². The molecule has 1 heterocycles. The van der Waals surface area contributed by atoms with E-state index in [-0.39, 0.29) is 12.5 Å². The normalized spacial score (nSPS) is 14.6. The van der Waals surface area contributed by atoms with E-state index in [0.717, 1.165) is 4.90 Å². The number of anilines is 1. The van der Waals surface area contributed by atoms with E-state index in [4.69, 9.17) is 4.74 Å². The second-order valence-corrected chi connectivity index (χ2v) is 5.76. The molecule has 0 radical (unpaired) electrons. The number of carbonyl (C=O) groups is 4. The lowest BCUT2D eigenvalue weighted by atomic mass is 10.2. The van der Waals surface area contributed by atoms with Crippen LogP contribution in [0, 0.1) is 5.92 Å². The van der Waals surface area contributed by atoms with Crippen LogP contribution in [0.5, 0.6) is 5.75 Å². The van der Waals surface area contributed by atoms with Crippen LogP contribution in [-0.4, -0.2) is 53.8 Å². The molecule has 1 aromatic carbocycles. The molecule has 0 unspecified atom stereocenters. The molecule has 8 nitrogen and oxygen atoms in total. The zero-order valence-electron chi connectivity index (χ0n) is 13.7. The largest absolute Gasteiger partial charge is 0.497 e. The number of imide groups is 2. The number of hydrogen-bond acceptors (Lipinski definition) is 5. The van der Waals surface area contributed by atoms with Crippen LogP contribution >= 0.6 is 0 Å². The predicted molar refractivity (Wildman–Crippen MR) is 85.3 cm³/mol. The van der Waals surface area contributed by atoms with Crippen molar-refractivity contribution >= 4 is 29.4 Å². The SMILES string of the molecule is COc1ccc(NC(=O)CN2C(=O)C(=O)N(CC(C)C)C2=O)cc1. The molecule has 2 rings (SSSR count). The van der Waals surface area contributed by atoms with Crippen LogP contribution in [0.15, 0.2) is 24.3 Å². The number of hydrogen-bond donors (Lipinski definition) is 1. The first-order valence-electron chi connectivity index (χ1n) is 7.44. The van der Waals surface area contributed by atoms with E-state index in [1.807, 2.05) is 13.8 Å². The number of carbonyl (C=O) groups excluding carboxylic acids is 4. The minimum atomic E-state index is -0.981. The van der Waals surface area contributed by atoms with Crippen molar-refractivity contribution in [2.24, 2.45) is 5.92 Å². The Morgan fingerprint density at radius 1 is 1.08 bits per heavy atom. The van der Waals surface area contributed by atoms with Gasteiger partial charge in [-0.2, -0.15) is 0 Å². The number of methoxy groups -OCH3 is 1. The summed E-state index contributed by atoms with van der Waals surface area (Å²) in [6.45, 7) is 3.28. The van der Waals surface area contributed by atoms with Crippen molar-refractivity contribution in [2.45, 2.75) is 13.8 Å². The summed E-state index contributed by atoms with van der Waals surface area (Å²) in [5.74, 6) is -1.79. The molecule has 8 heteroatoms. The van der Waals surface area contributed by atoms with Gasteiger partial charge in [-0.05, 0) is 30.2 Å². The van der Waals surface area contributed by atoms with E-state index < -0.39 is 30.3 Å². The number of nitrogens with one attached hydrogen (secondary N) is 1. The topological polar surface area (TPSA) is 96.0 Å². The zero-order chi connectivity index (χ0) is 17.9. The fraction of sp³-hybridized carbons (Fsp3) is 0.375. The third-order valence-electron chi connectivity index (χ3n) is 3.36. The second-order valence-electron chi connectivity index (χ2n) is 5.76. The van der Waals surface area contributed by atoms with Gasteiger partial charge in [0.1, 0.15) is 12.3 Å². The Hall–Kier alpha value is -2.90. The number of nitrogens with zero attached hydrogens (tertiary/aromatic N) is 2. The monoisotopic (exact) mass is 333 g/mol. The van der Waals surface area contributed by atoms with Gasteiger partial charge in [-0.1, -0.05) is 13.8 Å². The van der Waals surface area contributed by atoms with Crippen molar-refractivity contribution in [1.82, 2.24) is 9.80 Å². The summed E-state index contributed by atoms with van der Waals surface area (Å²) in [7, 11) is 1.53. The summed E-state index contributed by atoms with van der Waals surface area (Å²) in [5, 5.41) is 2.56. The van der Waals surface area contributed by atoms with Crippen LogP contribution in [0.1, 0.15) is 13.8 Å². The average molecular weight is 333 g/mol. The van der Waals surface area contributed by atoms with Crippen molar-refractivity contribution in [1.29, 1.82) is 0 Å². The maximum atomic E-state index is 12.1. The van der Waals surface area contributed by atoms with Crippen molar-refractivity contribution in [2.75, 3.05) is 25.5 Å². The van der Waals surface area contributed by atoms with Gasteiger partial charge in [-0.3, -0.25) is 19.3 Å². The molecule has 0 aliphatic carbocycles. The maximum absolute atomic E-state index is 12.1. The maximum Gasteiger partial charge on any atom is 0.334 e. The fourth-order valence-electron chi connectivity index (χ4n) is 2.23. The standard InChI is InChI=1S/C16H19N3O5/c1-10(2)8-18-14(21)15(22)19(16(18)23)9-13(20)17-11-4-6-12(24-3)7-5-11/h4-7,10H,8-9H2,1-3H3,(H,17,20). The van der Waals surface area contributed by atoms with Crippen molar-refractivity contribution in [3.8, 4) is 5.75 Å². The molecule has 5 amide bonds. The molecule has 0 atom stereocenters. The Bertz CT molecular complexity index is 669. The minimum absolute atomic E-state index is 0.0266. The second kappa shape index (κ2) is 7.12. The lowest BCUT2D eigenvalue weighted by Gasteiger charge is -2.16. The van der Waals surface area contributed by atoms with Gasteiger partial charge in [-0.15, -0.1) is 0 Å². The van der Waals surface area contributed by atoms with Crippen LogP contribution in [-0.2, 0) is 14.4 Å². The summed E-state index contributed by atoms with van der Waals surface area (Å²) in [6, 6.07) is 5.82. The first-order valence-corrected chi connectivity index (χ1v) is 7.44. The van der Waals surface area contributed by atoms with E-state index >= 15 is 0 Å². The van der Waals surface area contributed by atoms with E-state index in [0.29, 0.717) is 16.3 Å². The Morgan fingerprint density at radius 2 is 1.67 bits per heavy atom. The zero-order valence-corrected chi connectivity index (χ0v) is 13.7. The van der Waals surface area contributed by atoms with Gasteiger partial charge < -0.3 is 10.1 Å². The summed E-state index contributed by atoms with van der Waals surface area (Å²) in [4.78, 5) is 49.4. The molecule has 0 saturated carbocycles. The number of amides is 5. The van der Waals surface area contributed by atoms with E-state index in [9.17, 15) is 19.2 Å². The Morgan fingerprint density at radius 3 is 2.21 bits per heavy atom. The summed E-state index contributed by atoms with van der Waals surface area (Å²) in [5.41, 5.74) is 0.491. The van der Waals surface area contributed by atoms with Crippen molar-refractivity contribution < 1.29 is 23.9 Å². The summed E-state index contributed by atoms with van der Waals surface area (Å²) < 4.78 is 5.01. The van der Waals surface area contributed by atoms with Crippen molar-refractivity contribution in [3.63, 3.8) is 0 Å². The molecular formula is C16H19N3O5. The number of urea groups is 1. The predicted octanol–water partition coefficient (Wildman–Crippen LogP) is 1.08. The summed E-state index contributed by atoms with van der Waals surface area (Å²) in [6.07, 6.45) is 0. The molecule has 1 fully saturated rings. The Kier molecular flexibility index (Phi) is 5.18. The van der Waals surface area contributed by atoms with Gasteiger partial charge in [0.05, 0.1) is 7.11 Å². The third kappa shape index (κ3) is 3.70. The highest BCUT2D eigenvalue weighted by molar-refractivity contribution is 6.45. The van der Waals surface area contributed by atoms with Gasteiger partial charge in [-0.25, -0.2) is 9.69 Å². The number of rotatable bonds is 6. The van der Waals surface area contributed by atoms with Crippen LogP contribution in [0.3, 0.4) is 0 Å². The molecule has 0 bridgehead atoms. The molecule has 1 saturated heterocycles. The molecule has 0 aromatic heterocycles. The van der Waals surface area contributed by atoms with Crippen LogP contribution in [0.25, 0.3) is 0 Å². The van der Waals surface area contributed by atoms with Gasteiger partial charge in [0.2, 0.25) is 5.91 Å². The molecule has 1 aliphatic rings. The molecule has 0 spiro atoms. The summed E-state index contributed by atoms with van der Waals surface area (Å²) >= 11 is 0. The lowest BCUT2D eigenvalue weighted by molar-refractivity contribution is -0.143. The van der Waals surface area contributed by atoms with Gasteiger partial charge in [0.15, 0.2) is 0 Å². The smallest absolute Gasteiger partial charge is 0.334 e. The highest BCUT2D eigenvalue weighted by Crippen LogP contribution is 2.16. The Labute approximate surface area is 139 Å². The van der Waals surface area contributed by atoms with Gasteiger partial charge in [0, 0.05) is 12.2 Å². The Balaban J connectivity index is 2.01. The highest BCUT2D eigenvalue weighted by Gasteiger charge is 2.45. The lowest BCUT2D eigenvalue weighted by Crippen LogP contribution is -2.39. The fourth-order valence-corrected chi connectivity index (χ4v) is 2.23. The molecule has 1 aromatic rings. The van der Waals surface area contributed by atoms with E-state index in [2.05, 4.69) is 5.32 Å². The molecular weight excluding hydrogens is 314 g/mol. The average Bonchev–Trinajstić information content (AvgIpc) is 2.73.